The first kappa shape index (κ1) is 11.2. The van der Waals surface area contributed by atoms with Crippen molar-refractivity contribution in [1.29, 1.82) is 0 Å². The molecule has 0 fully saturated rings. The number of hydrogen-bond donors (Lipinski definition) is 0. The fraction of sp³-hybridized carbons (Fsp3) is 0.143. The molecule has 1 aromatic carbocycles. The van der Waals surface area contributed by atoms with E-state index in [4.69, 9.17) is 16.3 Å². The van der Waals surface area contributed by atoms with Crippen molar-refractivity contribution in [3.63, 3.8) is 0 Å². The fourth-order valence-electron chi connectivity index (χ4n) is 1.99. The summed E-state index contributed by atoms with van der Waals surface area (Å²) in [6.45, 7) is 0.687. The molecule has 0 N–H and O–H groups in total. The molecule has 0 atom stereocenters. The third kappa shape index (κ3) is 1.97. The van der Waals surface area contributed by atoms with Crippen molar-refractivity contribution in [3.8, 4) is 5.75 Å². The van der Waals surface area contributed by atoms with Gasteiger partial charge in [-0.2, -0.15) is 0 Å². The summed E-state index contributed by atoms with van der Waals surface area (Å²) in [5, 5.41) is 0.522. The maximum Gasteiger partial charge on any atom is 0.211 e. The van der Waals surface area contributed by atoms with Crippen LogP contribution in [0.25, 0.3) is 0 Å². The minimum atomic E-state index is -0.0960. The quantitative estimate of drug-likeness (QED) is 0.779. The molecule has 0 radical (unpaired) electrons. The lowest BCUT2D eigenvalue weighted by atomic mass is 10.0. The van der Waals surface area contributed by atoms with Crippen LogP contribution >= 0.6 is 11.6 Å². The van der Waals surface area contributed by atoms with Gasteiger partial charge in [0.15, 0.2) is 0 Å². The number of benzene rings is 1. The molecule has 0 saturated carbocycles. The zero-order chi connectivity index (χ0) is 12.5. The lowest BCUT2D eigenvalue weighted by Gasteiger charge is -2.03. The number of hydrogen-bond acceptors (Lipinski definition) is 3. The first-order chi connectivity index (χ1) is 8.74. The molecular weight excluding hydrogens is 250 g/mol. The van der Waals surface area contributed by atoms with Gasteiger partial charge in [-0.3, -0.25) is 9.78 Å². The minimum Gasteiger partial charge on any atom is -0.493 e. The number of ether oxygens (including phenoxy) is 1. The van der Waals surface area contributed by atoms with Crippen LogP contribution < -0.4 is 4.74 Å². The van der Waals surface area contributed by atoms with E-state index < -0.39 is 0 Å². The number of ketones is 1. The van der Waals surface area contributed by atoms with E-state index in [1.54, 1.807) is 18.2 Å². The molecule has 4 heteroatoms. The average Bonchev–Trinajstić information content (AvgIpc) is 2.86. The van der Waals surface area contributed by atoms with E-state index in [1.165, 1.54) is 6.20 Å². The molecule has 0 bridgehead atoms. The maximum absolute atomic E-state index is 12.2. The highest BCUT2D eigenvalue weighted by Crippen LogP contribution is 2.26. The number of halogens is 1. The monoisotopic (exact) mass is 259 g/mol. The van der Waals surface area contributed by atoms with E-state index in [0.717, 1.165) is 17.7 Å². The van der Waals surface area contributed by atoms with E-state index >= 15 is 0 Å². The Morgan fingerprint density at radius 2 is 2.17 bits per heavy atom. The van der Waals surface area contributed by atoms with Gasteiger partial charge in [-0.25, -0.2) is 0 Å². The number of pyridine rings is 1. The van der Waals surface area contributed by atoms with Gasteiger partial charge in [0, 0.05) is 18.2 Å². The van der Waals surface area contributed by atoms with Crippen molar-refractivity contribution in [2.75, 3.05) is 6.61 Å². The van der Waals surface area contributed by atoms with Crippen LogP contribution in [-0.4, -0.2) is 17.4 Å². The van der Waals surface area contributed by atoms with Gasteiger partial charge in [-0.1, -0.05) is 11.6 Å². The molecule has 1 aliphatic rings. The molecule has 1 aromatic heterocycles. The van der Waals surface area contributed by atoms with E-state index in [1.807, 2.05) is 12.1 Å². The van der Waals surface area contributed by atoms with Crippen molar-refractivity contribution in [2.24, 2.45) is 0 Å². The van der Waals surface area contributed by atoms with Crippen molar-refractivity contribution in [3.05, 3.63) is 58.4 Å². The predicted octanol–water partition coefficient (Wildman–Crippen LogP) is 2.90. The summed E-state index contributed by atoms with van der Waals surface area (Å²) in [5.74, 6) is 0.775. The van der Waals surface area contributed by atoms with E-state index in [-0.39, 0.29) is 5.78 Å². The van der Waals surface area contributed by atoms with Gasteiger partial charge in [0.05, 0.1) is 11.6 Å². The van der Waals surface area contributed by atoms with Crippen molar-refractivity contribution < 1.29 is 9.53 Å². The summed E-state index contributed by atoms with van der Waals surface area (Å²) in [6, 6.07) is 8.78. The largest absolute Gasteiger partial charge is 0.493 e. The van der Waals surface area contributed by atoms with E-state index in [2.05, 4.69) is 4.98 Å². The second-order valence-electron chi connectivity index (χ2n) is 4.11. The molecule has 0 unspecified atom stereocenters. The number of aromatic nitrogens is 1. The molecule has 18 heavy (non-hydrogen) atoms. The maximum atomic E-state index is 12.2. The Morgan fingerprint density at radius 3 is 2.94 bits per heavy atom. The topological polar surface area (TPSA) is 39.2 Å². The smallest absolute Gasteiger partial charge is 0.211 e. The van der Waals surface area contributed by atoms with Crippen LogP contribution in [0.5, 0.6) is 5.75 Å². The minimum absolute atomic E-state index is 0.0960. The molecule has 0 saturated heterocycles. The van der Waals surface area contributed by atoms with Gasteiger partial charge >= 0.3 is 0 Å². The van der Waals surface area contributed by atoms with Crippen LogP contribution in [0, 0.1) is 0 Å². The Morgan fingerprint density at radius 1 is 1.28 bits per heavy atom. The van der Waals surface area contributed by atoms with Gasteiger partial charge < -0.3 is 4.74 Å². The molecule has 3 nitrogen and oxygen atoms in total. The molecule has 2 aromatic rings. The third-order valence-corrected chi connectivity index (χ3v) is 3.14. The Labute approximate surface area is 109 Å². The predicted molar refractivity (Wildman–Crippen MR) is 68.3 cm³/mol. The number of nitrogens with zero attached hydrogens (tertiary/aromatic N) is 1. The number of carbonyl (C=O) groups is 1. The molecule has 3 rings (SSSR count). The number of fused-ring (bicyclic) bond motifs is 1. The van der Waals surface area contributed by atoms with Gasteiger partial charge in [0.25, 0.3) is 0 Å². The molecular formula is C14H10ClNO2. The van der Waals surface area contributed by atoms with Gasteiger partial charge in [0.2, 0.25) is 5.78 Å². The summed E-state index contributed by atoms with van der Waals surface area (Å²) >= 11 is 5.75. The standard InChI is InChI=1S/C14H10ClNO2/c15-11-2-3-12(16-8-11)14(17)10-1-4-13-9(7-10)5-6-18-13/h1-4,7-8H,5-6H2. The van der Waals surface area contributed by atoms with Crippen LogP contribution in [0.4, 0.5) is 0 Å². The second kappa shape index (κ2) is 4.42. The zero-order valence-electron chi connectivity index (χ0n) is 9.52. The lowest BCUT2D eigenvalue weighted by molar-refractivity contribution is 0.103. The third-order valence-electron chi connectivity index (χ3n) is 2.91. The van der Waals surface area contributed by atoms with Crippen LogP contribution in [0.15, 0.2) is 36.5 Å². The average molecular weight is 260 g/mol. The first-order valence-electron chi connectivity index (χ1n) is 5.66. The van der Waals surface area contributed by atoms with Gasteiger partial charge in [-0.15, -0.1) is 0 Å². The summed E-state index contributed by atoms with van der Waals surface area (Å²) in [4.78, 5) is 16.2. The van der Waals surface area contributed by atoms with Crippen LogP contribution in [-0.2, 0) is 6.42 Å². The Hall–Kier alpha value is -1.87. The Kier molecular flexibility index (Phi) is 2.76. The summed E-state index contributed by atoms with van der Waals surface area (Å²) in [7, 11) is 0. The normalized spacial score (nSPS) is 12.9. The molecule has 90 valence electrons. The summed E-state index contributed by atoms with van der Waals surface area (Å²) in [5.41, 5.74) is 2.11. The highest BCUT2D eigenvalue weighted by atomic mass is 35.5. The summed E-state index contributed by atoms with van der Waals surface area (Å²) in [6.07, 6.45) is 2.33. The fourth-order valence-corrected chi connectivity index (χ4v) is 2.10. The van der Waals surface area contributed by atoms with Crippen LogP contribution in [0.2, 0.25) is 5.02 Å². The number of rotatable bonds is 2. The Bertz CT molecular complexity index is 608. The molecule has 0 aliphatic carbocycles. The van der Waals surface area contributed by atoms with Crippen LogP contribution in [0.1, 0.15) is 21.6 Å². The zero-order valence-corrected chi connectivity index (χ0v) is 10.3. The molecule has 2 heterocycles. The SMILES string of the molecule is O=C(c1ccc2c(c1)CCO2)c1ccc(Cl)cn1. The second-order valence-corrected chi connectivity index (χ2v) is 4.55. The van der Waals surface area contributed by atoms with Gasteiger partial charge in [-0.05, 0) is 35.9 Å². The van der Waals surface area contributed by atoms with Crippen molar-refractivity contribution in [2.45, 2.75) is 6.42 Å². The lowest BCUT2D eigenvalue weighted by Crippen LogP contribution is -2.03. The molecule has 0 amide bonds. The summed E-state index contributed by atoms with van der Waals surface area (Å²) < 4.78 is 5.41. The highest BCUT2D eigenvalue weighted by Gasteiger charge is 2.16. The number of carbonyl (C=O) groups excluding carboxylic acids is 1. The van der Waals surface area contributed by atoms with Crippen molar-refractivity contribution in [1.82, 2.24) is 4.98 Å². The first-order valence-corrected chi connectivity index (χ1v) is 6.04. The molecule has 0 spiro atoms. The van der Waals surface area contributed by atoms with Gasteiger partial charge in [0.1, 0.15) is 11.4 Å². The van der Waals surface area contributed by atoms with Crippen LogP contribution in [0.3, 0.4) is 0 Å². The Balaban J connectivity index is 1.95. The van der Waals surface area contributed by atoms with Crippen molar-refractivity contribution >= 4 is 17.4 Å². The molecule has 1 aliphatic heterocycles. The van der Waals surface area contributed by atoms with E-state index in [0.29, 0.717) is 22.9 Å². The highest BCUT2D eigenvalue weighted by molar-refractivity contribution is 6.30. The van der Waals surface area contributed by atoms with E-state index in [9.17, 15) is 4.79 Å².